The van der Waals surface area contributed by atoms with Gasteiger partial charge in [0.05, 0.1) is 0 Å². The maximum absolute atomic E-state index is 4.06. The van der Waals surface area contributed by atoms with Crippen LogP contribution in [0, 0.1) is 0 Å². The Morgan fingerprint density at radius 2 is 2.00 bits per heavy atom. The van der Waals surface area contributed by atoms with Crippen molar-refractivity contribution in [3.05, 3.63) is 12.7 Å². The second kappa shape index (κ2) is 4.71. The van der Waals surface area contributed by atoms with E-state index < -0.39 is 0 Å². The largest absolute Gasteiger partial charge is 0.273 e. The quantitative estimate of drug-likeness (QED) is 0.690. The lowest BCUT2D eigenvalue weighted by Crippen LogP contribution is -2.44. The summed E-state index contributed by atoms with van der Waals surface area (Å²) in [5.74, 6) is 0.659. The highest BCUT2D eigenvalue weighted by Crippen LogP contribution is 2.04. The highest BCUT2D eigenvalue weighted by Gasteiger charge is 2.10. The Hall–Kier alpha value is -1.23. The SMILES string of the molecule is CCNN(c1ncncn1)C(C)C. The molecule has 0 amide bonds. The molecule has 1 rings (SSSR count). The Kier molecular flexibility index (Phi) is 3.57. The number of anilines is 1. The summed E-state index contributed by atoms with van der Waals surface area (Å²) in [4.78, 5) is 11.9. The molecule has 0 fully saturated rings. The molecule has 0 aliphatic heterocycles. The molecule has 1 heterocycles. The van der Waals surface area contributed by atoms with Crippen molar-refractivity contribution in [2.75, 3.05) is 11.6 Å². The van der Waals surface area contributed by atoms with Gasteiger partial charge in [-0.1, -0.05) is 6.92 Å². The van der Waals surface area contributed by atoms with E-state index in [1.54, 1.807) is 0 Å². The zero-order chi connectivity index (χ0) is 9.68. The highest BCUT2D eigenvalue weighted by atomic mass is 15.6. The van der Waals surface area contributed by atoms with Gasteiger partial charge in [0.25, 0.3) is 0 Å². The molecule has 72 valence electrons. The fourth-order valence-corrected chi connectivity index (χ4v) is 1.01. The summed E-state index contributed by atoms with van der Waals surface area (Å²) in [6.07, 6.45) is 2.99. The molecule has 0 saturated carbocycles. The topological polar surface area (TPSA) is 53.9 Å². The first-order valence-corrected chi connectivity index (χ1v) is 4.40. The van der Waals surface area contributed by atoms with Gasteiger partial charge in [-0.3, -0.25) is 5.01 Å². The highest BCUT2D eigenvalue weighted by molar-refractivity contribution is 5.26. The molecule has 0 aromatic carbocycles. The van der Waals surface area contributed by atoms with Crippen LogP contribution in [0.4, 0.5) is 5.95 Å². The van der Waals surface area contributed by atoms with E-state index in [2.05, 4.69) is 34.2 Å². The van der Waals surface area contributed by atoms with Gasteiger partial charge < -0.3 is 0 Å². The summed E-state index contributed by atoms with van der Waals surface area (Å²) in [5.41, 5.74) is 3.18. The van der Waals surface area contributed by atoms with Gasteiger partial charge in [0.15, 0.2) is 0 Å². The Labute approximate surface area is 78.2 Å². The van der Waals surface area contributed by atoms with Crippen LogP contribution in [-0.2, 0) is 0 Å². The van der Waals surface area contributed by atoms with Crippen LogP contribution in [0.1, 0.15) is 20.8 Å². The molecule has 1 N–H and O–H groups in total. The van der Waals surface area contributed by atoms with Gasteiger partial charge in [0, 0.05) is 12.6 Å². The van der Waals surface area contributed by atoms with E-state index in [1.165, 1.54) is 12.7 Å². The van der Waals surface area contributed by atoms with Gasteiger partial charge in [-0.05, 0) is 13.8 Å². The summed E-state index contributed by atoms with van der Waals surface area (Å²) in [6.45, 7) is 7.04. The molecule has 1 aromatic heterocycles. The van der Waals surface area contributed by atoms with Crippen LogP contribution in [0.3, 0.4) is 0 Å². The van der Waals surface area contributed by atoms with E-state index in [-0.39, 0.29) is 0 Å². The number of aromatic nitrogens is 3. The smallest absolute Gasteiger partial charge is 0.243 e. The Balaban J connectivity index is 2.76. The van der Waals surface area contributed by atoms with Crippen molar-refractivity contribution in [1.29, 1.82) is 0 Å². The lowest BCUT2D eigenvalue weighted by atomic mass is 10.4. The van der Waals surface area contributed by atoms with Gasteiger partial charge in [0.2, 0.25) is 5.95 Å². The molecule has 0 radical (unpaired) electrons. The van der Waals surface area contributed by atoms with E-state index in [1.807, 2.05) is 11.9 Å². The van der Waals surface area contributed by atoms with Crippen LogP contribution >= 0.6 is 0 Å². The second-order valence-electron chi connectivity index (χ2n) is 2.91. The van der Waals surface area contributed by atoms with E-state index >= 15 is 0 Å². The van der Waals surface area contributed by atoms with E-state index in [4.69, 9.17) is 0 Å². The van der Waals surface area contributed by atoms with Gasteiger partial charge in [-0.15, -0.1) is 0 Å². The minimum absolute atomic E-state index is 0.322. The summed E-state index contributed by atoms with van der Waals surface area (Å²) >= 11 is 0. The Morgan fingerprint density at radius 3 is 2.46 bits per heavy atom. The summed E-state index contributed by atoms with van der Waals surface area (Å²) in [7, 11) is 0. The van der Waals surface area contributed by atoms with E-state index in [0.717, 1.165) is 6.54 Å². The standard InChI is InChI=1S/C8H15N5/c1-4-12-13(7(2)3)8-10-5-9-6-11-8/h5-7,12H,4H2,1-3H3. The first kappa shape index (κ1) is 9.85. The van der Waals surface area contributed by atoms with Gasteiger partial charge >= 0.3 is 0 Å². The zero-order valence-corrected chi connectivity index (χ0v) is 8.23. The summed E-state index contributed by atoms with van der Waals surface area (Å²) in [5, 5.41) is 1.92. The molecule has 0 unspecified atom stereocenters. The average molecular weight is 181 g/mol. The number of nitrogens with zero attached hydrogens (tertiary/aromatic N) is 4. The molecular weight excluding hydrogens is 166 g/mol. The van der Waals surface area contributed by atoms with Crippen LogP contribution in [0.2, 0.25) is 0 Å². The minimum atomic E-state index is 0.322. The first-order chi connectivity index (χ1) is 6.25. The predicted molar refractivity (Wildman–Crippen MR) is 51.1 cm³/mol. The van der Waals surface area contributed by atoms with Crippen LogP contribution in [0.15, 0.2) is 12.7 Å². The molecule has 0 aliphatic carbocycles. The third kappa shape index (κ3) is 2.62. The molecule has 0 atom stereocenters. The minimum Gasteiger partial charge on any atom is -0.273 e. The Bertz CT molecular complexity index is 236. The molecular formula is C8H15N5. The van der Waals surface area contributed by atoms with Crippen LogP contribution in [0.25, 0.3) is 0 Å². The van der Waals surface area contributed by atoms with Crippen LogP contribution in [-0.4, -0.2) is 27.5 Å². The lowest BCUT2D eigenvalue weighted by molar-refractivity contribution is 0.561. The predicted octanol–water partition coefficient (Wildman–Crippen LogP) is 0.611. The fourth-order valence-electron chi connectivity index (χ4n) is 1.01. The van der Waals surface area contributed by atoms with E-state index in [0.29, 0.717) is 12.0 Å². The molecule has 1 aromatic rings. The van der Waals surface area contributed by atoms with Crippen molar-refractivity contribution in [3.8, 4) is 0 Å². The summed E-state index contributed by atoms with van der Waals surface area (Å²) < 4.78 is 0. The van der Waals surface area contributed by atoms with Gasteiger partial charge in [-0.25, -0.2) is 20.4 Å². The normalized spacial score (nSPS) is 10.5. The average Bonchev–Trinajstić information content (AvgIpc) is 2.15. The number of hydrogen-bond acceptors (Lipinski definition) is 5. The summed E-state index contributed by atoms with van der Waals surface area (Å²) in [6, 6.07) is 0.322. The van der Waals surface area contributed by atoms with Crippen LogP contribution < -0.4 is 10.4 Å². The third-order valence-electron chi connectivity index (χ3n) is 1.54. The molecule has 5 heteroatoms. The number of rotatable bonds is 4. The molecule has 5 nitrogen and oxygen atoms in total. The van der Waals surface area contributed by atoms with Crippen molar-refractivity contribution < 1.29 is 0 Å². The lowest BCUT2D eigenvalue weighted by Gasteiger charge is -2.26. The maximum atomic E-state index is 4.06. The third-order valence-corrected chi connectivity index (χ3v) is 1.54. The fraction of sp³-hybridized carbons (Fsp3) is 0.625. The molecule has 0 bridgehead atoms. The van der Waals surface area contributed by atoms with Gasteiger partial charge in [0.1, 0.15) is 12.7 Å². The molecule has 0 aliphatic rings. The second-order valence-corrected chi connectivity index (χ2v) is 2.91. The maximum Gasteiger partial charge on any atom is 0.243 e. The van der Waals surface area contributed by atoms with Gasteiger partial charge in [-0.2, -0.15) is 0 Å². The van der Waals surface area contributed by atoms with Crippen molar-refractivity contribution in [3.63, 3.8) is 0 Å². The number of hydrogen-bond donors (Lipinski definition) is 1. The molecule has 13 heavy (non-hydrogen) atoms. The van der Waals surface area contributed by atoms with Crippen molar-refractivity contribution >= 4 is 5.95 Å². The monoisotopic (exact) mass is 181 g/mol. The Morgan fingerprint density at radius 1 is 1.38 bits per heavy atom. The van der Waals surface area contributed by atoms with Crippen molar-refractivity contribution in [1.82, 2.24) is 20.4 Å². The van der Waals surface area contributed by atoms with E-state index in [9.17, 15) is 0 Å². The number of nitrogens with one attached hydrogen (secondary N) is 1. The van der Waals surface area contributed by atoms with Crippen molar-refractivity contribution in [2.24, 2.45) is 0 Å². The zero-order valence-electron chi connectivity index (χ0n) is 8.23. The van der Waals surface area contributed by atoms with Crippen molar-refractivity contribution in [2.45, 2.75) is 26.8 Å². The van der Waals surface area contributed by atoms with Crippen LogP contribution in [0.5, 0.6) is 0 Å². The number of hydrazine groups is 1. The molecule has 0 spiro atoms. The molecule has 0 saturated heterocycles. The first-order valence-electron chi connectivity index (χ1n) is 4.40.